The SMILES string of the molecule is COCC(C)NC(=S)Nc1cccc(OC)c1. The summed E-state index contributed by atoms with van der Waals surface area (Å²) in [5, 5.41) is 6.78. The minimum absolute atomic E-state index is 0.172. The van der Waals surface area contributed by atoms with E-state index in [4.69, 9.17) is 21.7 Å². The number of hydrogen-bond donors (Lipinski definition) is 2. The summed E-state index contributed by atoms with van der Waals surface area (Å²) in [4.78, 5) is 0. The van der Waals surface area contributed by atoms with Crippen molar-refractivity contribution < 1.29 is 9.47 Å². The number of thiocarbonyl (C=S) groups is 1. The Balaban J connectivity index is 2.49. The summed E-state index contributed by atoms with van der Waals surface area (Å²) in [5.41, 5.74) is 0.895. The molecule has 1 aromatic rings. The topological polar surface area (TPSA) is 42.5 Å². The van der Waals surface area contributed by atoms with Gasteiger partial charge in [-0.1, -0.05) is 6.07 Å². The molecule has 2 N–H and O–H groups in total. The lowest BCUT2D eigenvalue weighted by Crippen LogP contribution is -2.38. The average molecular weight is 254 g/mol. The molecule has 5 heteroatoms. The summed E-state index contributed by atoms with van der Waals surface area (Å²) in [5.74, 6) is 0.794. The molecule has 0 saturated carbocycles. The standard InChI is InChI=1S/C12H18N2O2S/c1-9(8-15-2)13-12(17)14-10-5-4-6-11(7-10)16-3/h4-7,9H,8H2,1-3H3,(H2,13,14,17). The molecule has 0 aliphatic carbocycles. The van der Waals surface area contributed by atoms with Crippen molar-refractivity contribution in [2.45, 2.75) is 13.0 Å². The fourth-order valence-corrected chi connectivity index (χ4v) is 1.70. The van der Waals surface area contributed by atoms with Gasteiger partial charge in [-0.2, -0.15) is 0 Å². The van der Waals surface area contributed by atoms with Crippen LogP contribution in [0.4, 0.5) is 5.69 Å². The van der Waals surface area contributed by atoms with Gasteiger partial charge in [0.1, 0.15) is 5.75 Å². The van der Waals surface area contributed by atoms with Crippen LogP contribution < -0.4 is 15.4 Å². The molecule has 0 aliphatic heterocycles. The highest BCUT2D eigenvalue weighted by atomic mass is 32.1. The Morgan fingerprint density at radius 1 is 1.41 bits per heavy atom. The van der Waals surface area contributed by atoms with Crippen molar-refractivity contribution in [3.05, 3.63) is 24.3 Å². The number of rotatable bonds is 5. The van der Waals surface area contributed by atoms with Crippen LogP contribution in [-0.4, -0.2) is 32.0 Å². The molecule has 17 heavy (non-hydrogen) atoms. The summed E-state index contributed by atoms with van der Waals surface area (Å²) in [7, 11) is 3.30. The van der Waals surface area contributed by atoms with Gasteiger partial charge >= 0.3 is 0 Å². The molecule has 0 saturated heterocycles. The first-order valence-electron chi connectivity index (χ1n) is 5.36. The van der Waals surface area contributed by atoms with Crippen LogP contribution in [0.5, 0.6) is 5.75 Å². The van der Waals surface area contributed by atoms with Crippen LogP contribution in [0.2, 0.25) is 0 Å². The molecule has 0 aliphatic rings. The summed E-state index contributed by atoms with van der Waals surface area (Å²) in [6.07, 6.45) is 0. The van der Waals surface area contributed by atoms with Crippen molar-refractivity contribution in [3.63, 3.8) is 0 Å². The predicted molar refractivity (Wildman–Crippen MR) is 73.7 cm³/mol. The van der Waals surface area contributed by atoms with Gasteiger partial charge in [-0.25, -0.2) is 0 Å². The van der Waals surface area contributed by atoms with Crippen molar-refractivity contribution >= 4 is 23.0 Å². The summed E-state index contributed by atoms with van der Waals surface area (Å²) in [6.45, 7) is 2.61. The zero-order valence-electron chi connectivity index (χ0n) is 10.3. The Labute approximate surface area is 107 Å². The summed E-state index contributed by atoms with van der Waals surface area (Å²) >= 11 is 5.19. The largest absolute Gasteiger partial charge is 0.497 e. The second-order valence-corrected chi connectivity index (χ2v) is 4.10. The van der Waals surface area contributed by atoms with Crippen molar-refractivity contribution in [1.29, 1.82) is 0 Å². The third-order valence-corrected chi connectivity index (χ3v) is 2.34. The number of hydrogen-bond acceptors (Lipinski definition) is 3. The lowest BCUT2D eigenvalue weighted by molar-refractivity contribution is 0.179. The van der Waals surface area contributed by atoms with E-state index in [1.54, 1.807) is 14.2 Å². The van der Waals surface area contributed by atoms with Gasteiger partial charge in [0, 0.05) is 24.9 Å². The third kappa shape index (κ3) is 5.01. The molecule has 1 atom stereocenters. The maximum Gasteiger partial charge on any atom is 0.171 e. The molecule has 0 aromatic heterocycles. The van der Waals surface area contributed by atoms with Crippen molar-refractivity contribution in [3.8, 4) is 5.75 Å². The van der Waals surface area contributed by atoms with E-state index < -0.39 is 0 Å². The molecule has 0 spiro atoms. The molecule has 0 amide bonds. The van der Waals surface area contributed by atoms with E-state index in [-0.39, 0.29) is 6.04 Å². The van der Waals surface area contributed by atoms with E-state index in [9.17, 15) is 0 Å². The number of nitrogens with one attached hydrogen (secondary N) is 2. The molecule has 0 heterocycles. The van der Waals surface area contributed by atoms with E-state index in [2.05, 4.69) is 10.6 Å². The number of benzene rings is 1. The second kappa shape index (κ2) is 7.09. The van der Waals surface area contributed by atoms with E-state index >= 15 is 0 Å². The number of anilines is 1. The van der Waals surface area contributed by atoms with Crippen molar-refractivity contribution in [1.82, 2.24) is 5.32 Å². The smallest absolute Gasteiger partial charge is 0.171 e. The normalized spacial score (nSPS) is 11.7. The highest BCUT2D eigenvalue weighted by Gasteiger charge is 2.04. The highest BCUT2D eigenvalue weighted by Crippen LogP contribution is 2.16. The van der Waals surface area contributed by atoms with Gasteiger partial charge in [0.25, 0.3) is 0 Å². The van der Waals surface area contributed by atoms with Gasteiger partial charge in [-0.05, 0) is 31.3 Å². The van der Waals surface area contributed by atoms with Gasteiger partial charge in [0.2, 0.25) is 0 Å². The summed E-state index contributed by atoms with van der Waals surface area (Å²) < 4.78 is 10.2. The first-order chi connectivity index (χ1) is 8.15. The van der Waals surface area contributed by atoms with Crippen LogP contribution in [0.25, 0.3) is 0 Å². The highest BCUT2D eigenvalue weighted by molar-refractivity contribution is 7.80. The van der Waals surface area contributed by atoms with Crippen LogP contribution in [0, 0.1) is 0 Å². The lowest BCUT2D eigenvalue weighted by Gasteiger charge is -2.16. The van der Waals surface area contributed by atoms with E-state index in [0.717, 1.165) is 11.4 Å². The van der Waals surface area contributed by atoms with Crippen LogP contribution in [0.15, 0.2) is 24.3 Å². The van der Waals surface area contributed by atoms with Gasteiger partial charge in [0.15, 0.2) is 5.11 Å². The Bertz CT molecular complexity index is 371. The van der Waals surface area contributed by atoms with Crippen molar-refractivity contribution in [2.24, 2.45) is 0 Å². The van der Waals surface area contributed by atoms with Crippen LogP contribution >= 0.6 is 12.2 Å². The molecule has 94 valence electrons. The maximum absolute atomic E-state index is 5.19. The zero-order chi connectivity index (χ0) is 12.7. The summed E-state index contributed by atoms with van der Waals surface area (Å²) in [6, 6.07) is 7.77. The molecular weight excluding hydrogens is 236 g/mol. The van der Waals surface area contributed by atoms with Crippen LogP contribution in [0.3, 0.4) is 0 Å². The fourth-order valence-electron chi connectivity index (χ4n) is 1.38. The zero-order valence-corrected chi connectivity index (χ0v) is 11.1. The van der Waals surface area contributed by atoms with E-state index in [1.807, 2.05) is 31.2 Å². The minimum Gasteiger partial charge on any atom is -0.497 e. The number of ether oxygens (including phenoxy) is 2. The third-order valence-electron chi connectivity index (χ3n) is 2.12. The van der Waals surface area contributed by atoms with Gasteiger partial charge in [-0.15, -0.1) is 0 Å². The van der Waals surface area contributed by atoms with Crippen molar-refractivity contribution in [2.75, 3.05) is 26.1 Å². The van der Waals surface area contributed by atoms with E-state index in [1.165, 1.54) is 0 Å². The quantitative estimate of drug-likeness (QED) is 0.787. The Kier molecular flexibility index (Phi) is 5.72. The van der Waals surface area contributed by atoms with Gasteiger partial charge in [-0.3, -0.25) is 0 Å². The van der Waals surface area contributed by atoms with Gasteiger partial charge in [0.05, 0.1) is 13.7 Å². The minimum atomic E-state index is 0.172. The number of methoxy groups -OCH3 is 2. The second-order valence-electron chi connectivity index (χ2n) is 3.69. The van der Waals surface area contributed by atoms with Crippen LogP contribution in [-0.2, 0) is 4.74 Å². The molecule has 0 fully saturated rings. The molecule has 0 radical (unpaired) electrons. The Morgan fingerprint density at radius 3 is 2.82 bits per heavy atom. The average Bonchev–Trinajstić information content (AvgIpc) is 2.29. The maximum atomic E-state index is 5.19. The first kappa shape index (κ1) is 13.7. The first-order valence-corrected chi connectivity index (χ1v) is 5.77. The molecule has 1 aromatic carbocycles. The monoisotopic (exact) mass is 254 g/mol. The van der Waals surface area contributed by atoms with E-state index in [0.29, 0.717) is 11.7 Å². The Morgan fingerprint density at radius 2 is 2.18 bits per heavy atom. The molecule has 1 rings (SSSR count). The fraction of sp³-hybridized carbons (Fsp3) is 0.417. The predicted octanol–water partition coefficient (Wildman–Crippen LogP) is 2.02. The lowest BCUT2D eigenvalue weighted by atomic mass is 10.3. The van der Waals surface area contributed by atoms with Gasteiger partial charge < -0.3 is 20.1 Å². The van der Waals surface area contributed by atoms with Crippen LogP contribution in [0.1, 0.15) is 6.92 Å². The molecular formula is C12H18N2O2S. The molecule has 0 bridgehead atoms. The Hall–Kier alpha value is -1.33. The molecule has 4 nitrogen and oxygen atoms in total. The molecule has 1 unspecified atom stereocenters.